The van der Waals surface area contributed by atoms with E-state index in [2.05, 4.69) is 22.9 Å². The Hall–Kier alpha value is -2.99. The van der Waals surface area contributed by atoms with E-state index in [4.69, 9.17) is 5.11 Å². The smallest absolute Gasteiger partial charge is 0.328 e. The largest absolute Gasteiger partial charge is 0.478 e. The Morgan fingerprint density at radius 1 is 1.21 bits per heavy atom. The molecule has 3 aliphatic carbocycles. The van der Waals surface area contributed by atoms with Crippen molar-refractivity contribution in [3.63, 3.8) is 0 Å². The number of benzene rings is 2. The number of hydrogen-bond acceptors (Lipinski definition) is 2. The molecule has 3 fully saturated rings. The number of rotatable bonds is 5. The van der Waals surface area contributed by atoms with Crippen LogP contribution < -0.4 is 0 Å². The van der Waals surface area contributed by atoms with Crippen LogP contribution in [0.2, 0.25) is 0 Å². The highest BCUT2D eigenvalue weighted by molar-refractivity contribution is 5.86. The maximum absolute atomic E-state index is 15.6. The van der Waals surface area contributed by atoms with Crippen LogP contribution in [-0.2, 0) is 11.2 Å². The average molecular weight is 449 g/mol. The van der Waals surface area contributed by atoms with E-state index < -0.39 is 23.6 Å². The Balaban J connectivity index is 1.56. The molecule has 2 aromatic carbocycles. The van der Waals surface area contributed by atoms with Crippen LogP contribution in [0.4, 0.5) is 8.78 Å². The molecule has 170 valence electrons. The third-order valence-electron chi connectivity index (χ3n) is 8.05. The number of hydrogen-bond donors (Lipinski definition) is 2. The molecule has 33 heavy (non-hydrogen) atoms. The van der Waals surface area contributed by atoms with Gasteiger partial charge in [-0.2, -0.15) is 0 Å². The van der Waals surface area contributed by atoms with Gasteiger partial charge >= 0.3 is 5.97 Å². The van der Waals surface area contributed by atoms with E-state index in [9.17, 15) is 4.79 Å². The lowest BCUT2D eigenvalue weighted by Crippen LogP contribution is -2.71. The standard InChI is InChI=1S/C27H26F2N2O2/c1-2-17-11-19-18-5-3-4-6-22(18)30-25(19)26(31(17)27-12-16(13-27)14-27)24-20(28)9-15(10-21(24)29)7-8-23(32)33/h3-10,16-17,26,30H,2,11-14H2,1H3,(H,32,33)/b8-7+. The SMILES string of the molecule is CCC1Cc2c([nH]c3ccccc23)C(c2c(F)cc(/C=C/C(=O)O)cc2F)N1C12CC(C1)C2. The van der Waals surface area contributed by atoms with E-state index in [1.54, 1.807) is 0 Å². The number of nitrogens with one attached hydrogen (secondary N) is 1. The first-order chi connectivity index (χ1) is 15.9. The lowest BCUT2D eigenvalue weighted by atomic mass is 9.48. The summed E-state index contributed by atoms with van der Waals surface area (Å²) < 4.78 is 31.3. The number of aromatic nitrogens is 1. The van der Waals surface area contributed by atoms with Crippen molar-refractivity contribution in [2.45, 2.75) is 56.7 Å². The van der Waals surface area contributed by atoms with Crippen LogP contribution >= 0.6 is 0 Å². The number of aliphatic carboxylic acids is 1. The first-order valence-corrected chi connectivity index (χ1v) is 11.7. The number of nitrogens with zero attached hydrogens (tertiary/aromatic N) is 1. The fourth-order valence-corrected chi connectivity index (χ4v) is 6.52. The minimum atomic E-state index is -1.16. The molecule has 1 aromatic heterocycles. The van der Waals surface area contributed by atoms with Gasteiger partial charge in [-0.25, -0.2) is 13.6 Å². The number of halogens is 2. The molecule has 2 atom stereocenters. The third kappa shape index (κ3) is 3.00. The first-order valence-electron chi connectivity index (χ1n) is 11.7. The van der Waals surface area contributed by atoms with E-state index in [1.807, 2.05) is 18.2 Å². The molecule has 4 nitrogen and oxygen atoms in total. The number of H-pyrrole nitrogens is 1. The summed E-state index contributed by atoms with van der Waals surface area (Å²) in [5, 5.41) is 10.0. The van der Waals surface area contributed by atoms with Gasteiger partial charge in [0, 0.05) is 39.8 Å². The summed E-state index contributed by atoms with van der Waals surface area (Å²) in [6, 6.07) is 10.2. The van der Waals surface area contributed by atoms with Gasteiger partial charge in [-0.05, 0) is 73.4 Å². The van der Waals surface area contributed by atoms with E-state index in [1.165, 1.54) is 18.2 Å². The predicted molar refractivity (Wildman–Crippen MR) is 123 cm³/mol. The molecule has 0 saturated heterocycles. The van der Waals surface area contributed by atoms with Gasteiger partial charge in [0.25, 0.3) is 0 Å². The Morgan fingerprint density at radius 3 is 2.52 bits per heavy atom. The molecule has 2 unspecified atom stereocenters. The minimum absolute atomic E-state index is 0.0196. The number of fused-ring (bicyclic) bond motifs is 3. The number of para-hydroxylation sites is 1. The molecule has 2 heterocycles. The molecule has 2 N–H and O–H groups in total. The summed E-state index contributed by atoms with van der Waals surface area (Å²) in [7, 11) is 0. The molecule has 0 amide bonds. The van der Waals surface area contributed by atoms with Crippen LogP contribution in [0.25, 0.3) is 17.0 Å². The Bertz CT molecular complexity index is 1270. The zero-order valence-electron chi connectivity index (χ0n) is 18.4. The summed E-state index contributed by atoms with van der Waals surface area (Å²) in [5.74, 6) is -1.69. The number of carboxylic acids is 1. The summed E-state index contributed by atoms with van der Waals surface area (Å²) in [6.45, 7) is 2.16. The van der Waals surface area contributed by atoms with Crippen LogP contribution in [0.1, 0.15) is 61.0 Å². The van der Waals surface area contributed by atoms with Gasteiger partial charge in [0.2, 0.25) is 0 Å². The maximum Gasteiger partial charge on any atom is 0.328 e. The molecule has 4 aliphatic rings. The van der Waals surface area contributed by atoms with Crippen molar-refractivity contribution in [2.24, 2.45) is 5.92 Å². The Labute approximate surface area is 190 Å². The van der Waals surface area contributed by atoms with E-state index >= 15 is 8.78 Å². The number of carbonyl (C=O) groups is 1. The van der Waals surface area contributed by atoms with E-state index in [-0.39, 0.29) is 22.7 Å². The molecule has 7 rings (SSSR count). The molecule has 3 saturated carbocycles. The highest BCUT2D eigenvalue weighted by Gasteiger charge is 2.63. The van der Waals surface area contributed by atoms with E-state index in [0.29, 0.717) is 0 Å². The summed E-state index contributed by atoms with van der Waals surface area (Å²) in [4.78, 5) is 16.8. The Morgan fingerprint density at radius 2 is 1.91 bits per heavy atom. The van der Waals surface area contributed by atoms with Gasteiger partial charge in [0.1, 0.15) is 11.6 Å². The quantitative estimate of drug-likeness (QED) is 0.484. The zero-order valence-corrected chi connectivity index (χ0v) is 18.4. The minimum Gasteiger partial charge on any atom is -0.478 e. The molecular formula is C27H26F2N2O2. The normalized spacial score (nSPS) is 28.5. The first kappa shape index (κ1) is 20.6. The lowest BCUT2D eigenvalue weighted by Gasteiger charge is -2.70. The van der Waals surface area contributed by atoms with Crippen molar-refractivity contribution in [2.75, 3.05) is 0 Å². The topological polar surface area (TPSA) is 56.3 Å². The highest BCUT2D eigenvalue weighted by Crippen LogP contribution is 2.64. The van der Waals surface area contributed by atoms with Crippen molar-refractivity contribution < 1.29 is 18.7 Å². The molecular weight excluding hydrogens is 422 g/mol. The summed E-state index contributed by atoms with van der Waals surface area (Å²) in [6.07, 6.45) is 7.17. The fraction of sp³-hybridized carbons (Fsp3) is 0.370. The van der Waals surface area contributed by atoms with Gasteiger partial charge in [0.15, 0.2) is 0 Å². The summed E-state index contributed by atoms with van der Waals surface area (Å²) >= 11 is 0. The second-order valence-corrected chi connectivity index (χ2v) is 9.91. The van der Waals surface area contributed by atoms with Crippen LogP contribution in [0, 0.1) is 17.6 Å². The maximum atomic E-state index is 15.6. The fourth-order valence-electron chi connectivity index (χ4n) is 6.52. The van der Waals surface area contributed by atoms with Crippen molar-refractivity contribution >= 4 is 22.9 Å². The molecule has 3 aromatic rings. The van der Waals surface area contributed by atoms with Crippen LogP contribution in [0.5, 0.6) is 0 Å². The van der Waals surface area contributed by atoms with Gasteiger partial charge in [-0.1, -0.05) is 25.1 Å². The highest BCUT2D eigenvalue weighted by atomic mass is 19.1. The van der Waals surface area contributed by atoms with Crippen molar-refractivity contribution in [1.82, 2.24) is 9.88 Å². The molecule has 2 bridgehead atoms. The van der Waals surface area contributed by atoms with Gasteiger partial charge < -0.3 is 10.1 Å². The molecule has 1 aliphatic heterocycles. The van der Waals surface area contributed by atoms with Crippen LogP contribution in [-0.4, -0.2) is 32.5 Å². The van der Waals surface area contributed by atoms with Gasteiger partial charge in [0.05, 0.1) is 6.04 Å². The molecule has 0 spiro atoms. The summed E-state index contributed by atoms with van der Waals surface area (Å²) in [5.41, 5.74) is 3.30. The molecule has 0 radical (unpaired) electrons. The second kappa shape index (κ2) is 7.26. The predicted octanol–water partition coefficient (Wildman–Crippen LogP) is 5.82. The second-order valence-electron chi connectivity index (χ2n) is 9.91. The van der Waals surface area contributed by atoms with E-state index in [0.717, 1.165) is 66.3 Å². The monoisotopic (exact) mass is 448 g/mol. The third-order valence-corrected chi connectivity index (χ3v) is 8.05. The van der Waals surface area contributed by atoms with Gasteiger partial charge in [-0.3, -0.25) is 4.90 Å². The van der Waals surface area contributed by atoms with Crippen LogP contribution in [0.3, 0.4) is 0 Å². The molecule has 6 heteroatoms. The zero-order chi connectivity index (χ0) is 22.9. The van der Waals surface area contributed by atoms with Crippen molar-refractivity contribution in [3.8, 4) is 0 Å². The van der Waals surface area contributed by atoms with Crippen LogP contribution in [0.15, 0.2) is 42.5 Å². The van der Waals surface area contributed by atoms with Crippen molar-refractivity contribution in [1.29, 1.82) is 0 Å². The average Bonchev–Trinajstić information content (AvgIpc) is 3.08. The lowest BCUT2D eigenvalue weighted by molar-refractivity contribution is -0.177. The number of carboxylic acid groups (broad SMARTS) is 1. The van der Waals surface area contributed by atoms with Crippen molar-refractivity contribution in [3.05, 3.63) is 76.5 Å². The number of aromatic amines is 1. The Kier molecular flexibility index (Phi) is 4.53. The van der Waals surface area contributed by atoms with Gasteiger partial charge in [-0.15, -0.1) is 0 Å².